The molecule has 9 heteroatoms. The summed E-state index contributed by atoms with van der Waals surface area (Å²) in [4.78, 5) is 45.7. The van der Waals surface area contributed by atoms with Crippen LogP contribution in [0.2, 0.25) is 0 Å². The second kappa shape index (κ2) is 7.95. The molecule has 1 aromatic carbocycles. The average molecular weight is 336 g/mol. The van der Waals surface area contributed by atoms with Crippen molar-refractivity contribution in [2.45, 2.75) is 19.9 Å². The molecule has 0 atom stereocenters. The van der Waals surface area contributed by atoms with Crippen LogP contribution in [0.25, 0.3) is 11.1 Å². The molecule has 0 aliphatic carbocycles. The fourth-order valence-corrected chi connectivity index (χ4v) is 1.96. The van der Waals surface area contributed by atoms with Crippen molar-refractivity contribution in [3.8, 4) is 0 Å². The molecular weight excluding hydrogens is 320 g/mol. The summed E-state index contributed by atoms with van der Waals surface area (Å²) in [6.07, 6.45) is -1.04. The normalized spacial score (nSPS) is 10.4. The Morgan fingerprint density at radius 2 is 1.96 bits per heavy atom. The monoisotopic (exact) mass is 336 g/mol. The third-order valence-corrected chi connectivity index (χ3v) is 2.99. The molecule has 0 bridgehead atoms. The molecule has 0 saturated carbocycles. The quantitative estimate of drug-likeness (QED) is 0.775. The van der Waals surface area contributed by atoms with Crippen molar-refractivity contribution in [1.82, 2.24) is 9.88 Å². The van der Waals surface area contributed by atoms with Crippen molar-refractivity contribution in [2.75, 3.05) is 13.2 Å². The van der Waals surface area contributed by atoms with Gasteiger partial charge in [-0.15, -0.1) is 0 Å². The highest BCUT2D eigenvalue weighted by molar-refractivity contribution is 5.93. The lowest BCUT2D eigenvalue weighted by atomic mass is 10.3. The Bertz CT molecular complexity index is 806. The Morgan fingerprint density at radius 3 is 2.71 bits per heavy atom. The van der Waals surface area contributed by atoms with E-state index in [-0.39, 0.29) is 19.6 Å². The lowest BCUT2D eigenvalue weighted by Crippen LogP contribution is -2.34. The summed E-state index contributed by atoms with van der Waals surface area (Å²) in [6.45, 7) is 1.14. The van der Waals surface area contributed by atoms with Crippen molar-refractivity contribution in [3.05, 3.63) is 34.8 Å². The molecule has 0 radical (unpaired) electrons. The number of amides is 2. The van der Waals surface area contributed by atoms with Gasteiger partial charge in [0.05, 0.1) is 18.5 Å². The topological polar surface area (TPSA) is 117 Å². The van der Waals surface area contributed by atoms with E-state index in [0.29, 0.717) is 11.1 Å². The van der Waals surface area contributed by atoms with Gasteiger partial charge in [0.1, 0.15) is 0 Å². The molecule has 0 aliphatic rings. The summed E-state index contributed by atoms with van der Waals surface area (Å²) in [5.41, 5.74) is 0.986. The summed E-state index contributed by atoms with van der Waals surface area (Å²) in [7, 11) is 0. The number of carbonyl (C=O) groups excluding carboxylic acids is 3. The van der Waals surface area contributed by atoms with Gasteiger partial charge in [0.15, 0.2) is 12.2 Å². The zero-order valence-corrected chi connectivity index (χ0v) is 12.9. The van der Waals surface area contributed by atoms with E-state index in [0.717, 1.165) is 0 Å². The van der Waals surface area contributed by atoms with Crippen LogP contribution in [-0.4, -0.2) is 35.8 Å². The van der Waals surface area contributed by atoms with E-state index in [9.17, 15) is 19.2 Å². The number of aromatic nitrogens is 1. The number of hydrogen-bond acceptors (Lipinski definition) is 7. The van der Waals surface area contributed by atoms with E-state index >= 15 is 0 Å². The first-order valence-corrected chi connectivity index (χ1v) is 7.22. The Balaban J connectivity index is 1.83. The van der Waals surface area contributed by atoms with Crippen molar-refractivity contribution >= 4 is 29.1 Å². The van der Waals surface area contributed by atoms with Crippen LogP contribution < -0.4 is 11.1 Å². The molecule has 0 fully saturated rings. The number of nitrogens with one attached hydrogen (secondary N) is 1. The molecule has 1 heterocycles. The number of esters is 1. The molecule has 24 heavy (non-hydrogen) atoms. The number of hydrogen-bond donors (Lipinski definition) is 1. The van der Waals surface area contributed by atoms with Crippen LogP contribution in [0.4, 0.5) is 4.79 Å². The van der Waals surface area contributed by atoms with Crippen molar-refractivity contribution in [3.63, 3.8) is 0 Å². The van der Waals surface area contributed by atoms with Crippen molar-refractivity contribution in [2.24, 2.45) is 0 Å². The number of benzene rings is 1. The number of fused-ring (bicyclic) bond motifs is 1. The molecule has 0 aliphatic heterocycles. The van der Waals surface area contributed by atoms with Crippen LogP contribution >= 0.6 is 0 Å². The lowest BCUT2D eigenvalue weighted by Gasteiger charge is -2.06. The molecule has 2 aromatic rings. The molecule has 2 amide bonds. The smallest absolute Gasteiger partial charge is 0.419 e. The fourth-order valence-electron chi connectivity index (χ4n) is 1.96. The summed E-state index contributed by atoms with van der Waals surface area (Å²) in [5.74, 6) is -2.07. The molecule has 1 N–H and O–H groups in total. The van der Waals surface area contributed by atoms with Gasteiger partial charge in [-0.05, 0) is 19.1 Å². The molecule has 1 aromatic heterocycles. The fraction of sp³-hybridized carbons (Fsp3) is 0.333. The number of imide groups is 1. The Labute approximate surface area is 136 Å². The first kappa shape index (κ1) is 17.3. The van der Waals surface area contributed by atoms with Gasteiger partial charge < -0.3 is 13.9 Å². The number of aryl methyl sites for hydroxylation is 1. The highest BCUT2D eigenvalue weighted by Crippen LogP contribution is 2.12. The predicted molar refractivity (Wildman–Crippen MR) is 81.2 cm³/mol. The number of carbonyl (C=O) groups is 3. The highest BCUT2D eigenvalue weighted by Gasteiger charge is 2.13. The Hall–Kier alpha value is -3.10. The van der Waals surface area contributed by atoms with E-state index in [1.54, 1.807) is 31.2 Å². The van der Waals surface area contributed by atoms with Gasteiger partial charge in [0, 0.05) is 6.54 Å². The SMILES string of the molecule is CCOC(=O)NC(=O)COC(=O)CCn1c(=O)oc2ccccc21. The standard InChI is InChI=1S/C15H16N2O7/c1-2-22-14(20)16-12(18)9-23-13(19)7-8-17-10-5-3-4-6-11(10)24-15(17)21/h3-6H,2,7-9H2,1H3,(H,16,18,20). The number of oxazole rings is 1. The van der Waals surface area contributed by atoms with Gasteiger partial charge in [0.25, 0.3) is 5.91 Å². The number of nitrogens with zero attached hydrogens (tertiary/aromatic N) is 1. The van der Waals surface area contributed by atoms with Crippen LogP contribution in [0.15, 0.2) is 33.5 Å². The molecule has 0 unspecified atom stereocenters. The minimum atomic E-state index is -0.907. The van der Waals surface area contributed by atoms with E-state index in [1.807, 2.05) is 5.32 Å². The van der Waals surface area contributed by atoms with Gasteiger partial charge in [-0.3, -0.25) is 19.5 Å². The molecule has 0 saturated heterocycles. The second-order valence-electron chi connectivity index (χ2n) is 4.67. The van der Waals surface area contributed by atoms with Crippen molar-refractivity contribution < 1.29 is 28.3 Å². The molecule has 2 rings (SSSR count). The zero-order chi connectivity index (χ0) is 17.5. The lowest BCUT2D eigenvalue weighted by molar-refractivity contribution is -0.148. The summed E-state index contributed by atoms with van der Waals surface area (Å²) in [5, 5.41) is 1.89. The summed E-state index contributed by atoms with van der Waals surface area (Å²) in [6, 6.07) is 6.81. The van der Waals surface area contributed by atoms with Crippen LogP contribution in [0.1, 0.15) is 13.3 Å². The molecule has 128 valence electrons. The van der Waals surface area contributed by atoms with E-state index in [4.69, 9.17) is 9.15 Å². The van der Waals surface area contributed by atoms with Crippen LogP contribution in [0, 0.1) is 0 Å². The third-order valence-electron chi connectivity index (χ3n) is 2.99. The first-order valence-electron chi connectivity index (χ1n) is 7.22. The third kappa shape index (κ3) is 4.45. The number of rotatable bonds is 6. The van der Waals surface area contributed by atoms with E-state index in [1.165, 1.54) is 4.57 Å². The largest absolute Gasteiger partial charge is 0.456 e. The summed E-state index contributed by atoms with van der Waals surface area (Å²) >= 11 is 0. The molecule has 0 spiro atoms. The first-order chi connectivity index (χ1) is 11.5. The van der Waals surface area contributed by atoms with E-state index < -0.39 is 30.3 Å². The van der Waals surface area contributed by atoms with Crippen LogP contribution in [0.5, 0.6) is 0 Å². The van der Waals surface area contributed by atoms with Crippen LogP contribution in [0.3, 0.4) is 0 Å². The van der Waals surface area contributed by atoms with Gasteiger partial charge in [-0.2, -0.15) is 0 Å². The minimum absolute atomic E-state index is 0.0498. The van der Waals surface area contributed by atoms with Crippen molar-refractivity contribution in [1.29, 1.82) is 0 Å². The van der Waals surface area contributed by atoms with Gasteiger partial charge >= 0.3 is 17.8 Å². The van der Waals surface area contributed by atoms with E-state index in [2.05, 4.69) is 4.74 Å². The molecular formula is C15H16N2O7. The Morgan fingerprint density at radius 1 is 1.21 bits per heavy atom. The summed E-state index contributed by atoms with van der Waals surface area (Å²) < 4.78 is 15.6. The maximum absolute atomic E-state index is 11.7. The highest BCUT2D eigenvalue weighted by atomic mass is 16.6. The van der Waals surface area contributed by atoms with Gasteiger partial charge in [-0.1, -0.05) is 12.1 Å². The zero-order valence-electron chi connectivity index (χ0n) is 12.9. The average Bonchev–Trinajstić information content (AvgIpc) is 2.86. The minimum Gasteiger partial charge on any atom is -0.456 e. The number of para-hydroxylation sites is 2. The Kier molecular flexibility index (Phi) is 5.72. The van der Waals surface area contributed by atoms with Gasteiger partial charge in [0.2, 0.25) is 0 Å². The van der Waals surface area contributed by atoms with Gasteiger partial charge in [-0.25, -0.2) is 9.59 Å². The second-order valence-corrected chi connectivity index (χ2v) is 4.67. The van der Waals surface area contributed by atoms with Crippen LogP contribution in [-0.2, 0) is 25.6 Å². The maximum atomic E-state index is 11.7. The molecule has 9 nitrogen and oxygen atoms in total. The predicted octanol–water partition coefficient (Wildman–Crippen LogP) is 0.800. The number of alkyl carbamates (subject to hydrolysis) is 1. The maximum Gasteiger partial charge on any atom is 0.419 e. The number of ether oxygens (including phenoxy) is 2.